The van der Waals surface area contributed by atoms with E-state index in [9.17, 15) is 9.59 Å². The molecular formula is C26H33N5O3. The van der Waals surface area contributed by atoms with Crippen LogP contribution in [0.5, 0.6) is 5.75 Å². The summed E-state index contributed by atoms with van der Waals surface area (Å²) < 4.78 is 5.93. The minimum absolute atomic E-state index is 0.192. The van der Waals surface area contributed by atoms with Crippen molar-refractivity contribution in [3.63, 3.8) is 0 Å². The van der Waals surface area contributed by atoms with Crippen LogP contribution in [0.2, 0.25) is 0 Å². The molecule has 1 aliphatic heterocycles. The SMILES string of the molecule is CC(c1cc[nH]c(=O)c1)c1cnc(NCCCOc2cccc(CN3CCCCC3)c2)[nH]c1=O. The molecule has 3 heterocycles. The van der Waals surface area contributed by atoms with Gasteiger partial charge in [-0.1, -0.05) is 25.5 Å². The maximum Gasteiger partial charge on any atom is 0.256 e. The molecule has 0 amide bonds. The van der Waals surface area contributed by atoms with E-state index in [0.717, 1.165) is 24.3 Å². The van der Waals surface area contributed by atoms with Crippen LogP contribution in [-0.4, -0.2) is 46.1 Å². The van der Waals surface area contributed by atoms with Gasteiger partial charge in [-0.15, -0.1) is 0 Å². The average Bonchev–Trinajstić information content (AvgIpc) is 2.84. The minimum atomic E-state index is -0.230. The number of nitrogens with zero attached hydrogens (tertiary/aromatic N) is 2. The van der Waals surface area contributed by atoms with E-state index in [1.54, 1.807) is 18.5 Å². The fraction of sp³-hybridized carbons (Fsp3) is 0.423. The Kier molecular flexibility index (Phi) is 8.14. The Hall–Kier alpha value is -3.39. The van der Waals surface area contributed by atoms with Crippen molar-refractivity contribution in [2.24, 2.45) is 0 Å². The molecule has 1 aliphatic rings. The molecule has 4 rings (SSSR count). The van der Waals surface area contributed by atoms with Gasteiger partial charge in [0, 0.05) is 43.0 Å². The number of ether oxygens (including phenoxy) is 1. The Morgan fingerprint density at radius 1 is 1.15 bits per heavy atom. The number of hydrogen-bond acceptors (Lipinski definition) is 6. The highest BCUT2D eigenvalue weighted by molar-refractivity contribution is 5.31. The first-order valence-corrected chi connectivity index (χ1v) is 12.0. The van der Waals surface area contributed by atoms with Crippen LogP contribution in [0, 0.1) is 0 Å². The lowest BCUT2D eigenvalue weighted by Gasteiger charge is -2.26. The zero-order chi connectivity index (χ0) is 23.8. The fourth-order valence-electron chi connectivity index (χ4n) is 4.29. The molecule has 8 heteroatoms. The number of anilines is 1. The summed E-state index contributed by atoms with van der Waals surface area (Å²) in [5.74, 6) is 1.08. The van der Waals surface area contributed by atoms with Gasteiger partial charge in [0.1, 0.15) is 5.75 Å². The Labute approximate surface area is 199 Å². The molecule has 1 atom stereocenters. The molecule has 34 heavy (non-hydrogen) atoms. The van der Waals surface area contributed by atoms with Crippen LogP contribution in [-0.2, 0) is 6.54 Å². The minimum Gasteiger partial charge on any atom is -0.494 e. The molecule has 2 aromatic heterocycles. The highest BCUT2D eigenvalue weighted by atomic mass is 16.5. The van der Waals surface area contributed by atoms with E-state index in [0.29, 0.717) is 24.7 Å². The van der Waals surface area contributed by atoms with Crippen LogP contribution in [0.4, 0.5) is 5.95 Å². The largest absolute Gasteiger partial charge is 0.494 e. The number of benzene rings is 1. The second-order valence-corrected chi connectivity index (χ2v) is 8.84. The van der Waals surface area contributed by atoms with E-state index in [1.165, 1.54) is 44.0 Å². The third kappa shape index (κ3) is 6.57. The summed E-state index contributed by atoms with van der Waals surface area (Å²) in [6, 6.07) is 11.6. The number of likely N-dealkylation sites (tertiary alicyclic amines) is 1. The summed E-state index contributed by atoms with van der Waals surface area (Å²) in [6.45, 7) is 6.42. The average molecular weight is 464 g/mol. The maximum atomic E-state index is 12.5. The Balaban J connectivity index is 1.23. The summed E-state index contributed by atoms with van der Waals surface area (Å²) in [4.78, 5) is 36.3. The van der Waals surface area contributed by atoms with Crippen molar-refractivity contribution < 1.29 is 4.74 Å². The lowest BCUT2D eigenvalue weighted by atomic mass is 9.96. The van der Waals surface area contributed by atoms with Gasteiger partial charge in [0.25, 0.3) is 5.56 Å². The van der Waals surface area contributed by atoms with Crippen molar-refractivity contribution in [1.29, 1.82) is 0 Å². The molecule has 1 aromatic carbocycles. The summed E-state index contributed by atoms with van der Waals surface area (Å²) in [5.41, 5.74) is 2.17. The van der Waals surface area contributed by atoms with Crippen LogP contribution >= 0.6 is 0 Å². The molecule has 0 radical (unpaired) electrons. The van der Waals surface area contributed by atoms with Gasteiger partial charge >= 0.3 is 0 Å². The number of piperidine rings is 1. The molecule has 0 aliphatic carbocycles. The molecule has 3 N–H and O–H groups in total. The first kappa shape index (κ1) is 23.8. The smallest absolute Gasteiger partial charge is 0.256 e. The van der Waals surface area contributed by atoms with Gasteiger partial charge in [0.05, 0.1) is 6.61 Å². The van der Waals surface area contributed by atoms with Gasteiger partial charge in [0.2, 0.25) is 11.5 Å². The van der Waals surface area contributed by atoms with E-state index in [-0.39, 0.29) is 17.0 Å². The molecule has 1 saturated heterocycles. The Morgan fingerprint density at radius 2 is 2.00 bits per heavy atom. The summed E-state index contributed by atoms with van der Waals surface area (Å²) in [5, 5.41) is 3.14. The second-order valence-electron chi connectivity index (χ2n) is 8.84. The zero-order valence-corrected chi connectivity index (χ0v) is 19.7. The number of nitrogens with one attached hydrogen (secondary N) is 3. The first-order chi connectivity index (χ1) is 16.6. The fourth-order valence-corrected chi connectivity index (χ4v) is 4.29. The lowest BCUT2D eigenvalue weighted by molar-refractivity contribution is 0.220. The van der Waals surface area contributed by atoms with Crippen molar-refractivity contribution in [2.75, 3.05) is 31.6 Å². The monoisotopic (exact) mass is 463 g/mol. The van der Waals surface area contributed by atoms with E-state index in [1.807, 2.05) is 13.0 Å². The van der Waals surface area contributed by atoms with E-state index >= 15 is 0 Å². The third-order valence-corrected chi connectivity index (χ3v) is 6.23. The van der Waals surface area contributed by atoms with Crippen LogP contribution in [0.3, 0.4) is 0 Å². The number of hydrogen-bond donors (Lipinski definition) is 3. The van der Waals surface area contributed by atoms with E-state index < -0.39 is 0 Å². The first-order valence-electron chi connectivity index (χ1n) is 12.0. The molecule has 180 valence electrons. The highest BCUT2D eigenvalue weighted by Gasteiger charge is 2.14. The van der Waals surface area contributed by atoms with Crippen molar-refractivity contribution in [3.05, 3.63) is 86.2 Å². The molecule has 0 spiro atoms. The van der Waals surface area contributed by atoms with Crippen molar-refractivity contribution in [2.45, 2.75) is 45.1 Å². The summed E-state index contributed by atoms with van der Waals surface area (Å²) >= 11 is 0. The molecule has 0 saturated carbocycles. The molecular weight excluding hydrogens is 430 g/mol. The summed E-state index contributed by atoms with van der Waals surface area (Å²) in [7, 11) is 0. The van der Waals surface area contributed by atoms with Crippen molar-refractivity contribution in [1.82, 2.24) is 19.9 Å². The number of pyridine rings is 1. The molecule has 1 unspecified atom stereocenters. The Morgan fingerprint density at radius 3 is 2.79 bits per heavy atom. The third-order valence-electron chi connectivity index (χ3n) is 6.23. The summed E-state index contributed by atoms with van der Waals surface area (Å²) in [6.07, 6.45) is 7.84. The van der Waals surface area contributed by atoms with Crippen molar-refractivity contribution >= 4 is 5.95 Å². The van der Waals surface area contributed by atoms with Crippen LogP contribution in [0.15, 0.2) is 58.4 Å². The van der Waals surface area contributed by atoms with Gasteiger partial charge in [-0.3, -0.25) is 19.5 Å². The number of aromatic amines is 2. The van der Waals surface area contributed by atoms with E-state index in [4.69, 9.17) is 4.74 Å². The standard InChI is InChI=1S/C26H33N5O3/c1-19(21-9-11-27-24(32)16-21)23-17-29-26(30-25(23)33)28-10-6-14-34-22-8-5-7-20(15-22)18-31-12-3-2-4-13-31/h5,7-9,11,15-17,19H,2-4,6,10,12-14,18H2,1H3,(H,27,32)(H2,28,29,30,33). The molecule has 1 fully saturated rings. The van der Waals surface area contributed by atoms with Crippen LogP contribution in [0.25, 0.3) is 0 Å². The van der Waals surface area contributed by atoms with Gasteiger partial charge in [-0.05, 0) is 61.7 Å². The van der Waals surface area contributed by atoms with Crippen molar-refractivity contribution in [3.8, 4) is 5.75 Å². The number of H-pyrrole nitrogens is 2. The van der Waals surface area contributed by atoms with Crippen LogP contribution < -0.4 is 21.2 Å². The number of aromatic nitrogens is 3. The number of rotatable bonds is 10. The molecule has 0 bridgehead atoms. The van der Waals surface area contributed by atoms with Crippen LogP contribution in [0.1, 0.15) is 55.2 Å². The highest BCUT2D eigenvalue weighted by Crippen LogP contribution is 2.20. The normalized spacial score (nSPS) is 15.1. The van der Waals surface area contributed by atoms with Gasteiger partial charge < -0.3 is 15.0 Å². The molecule has 8 nitrogen and oxygen atoms in total. The van der Waals surface area contributed by atoms with E-state index in [2.05, 4.69) is 43.4 Å². The molecule has 3 aromatic rings. The Bertz CT molecular complexity index is 1180. The maximum absolute atomic E-state index is 12.5. The predicted molar refractivity (Wildman–Crippen MR) is 134 cm³/mol. The predicted octanol–water partition coefficient (Wildman–Crippen LogP) is 3.48. The topological polar surface area (TPSA) is 103 Å². The van der Waals surface area contributed by atoms with Gasteiger partial charge in [-0.25, -0.2) is 4.98 Å². The quantitative estimate of drug-likeness (QED) is 0.398. The van der Waals surface area contributed by atoms with Gasteiger partial charge in [-0.2, -0.15) is 0 Å². The van der Waals surface area contributed by atoms with Gasteiger partial charge in [0.15, 0.2) is 0 Å². The zero-order valence-electron chi connectivity index (χ0n) is 19.7. The lowest BCUT2D eigenvalue weighted by Crippen LogP contribution is -2.29. The second kappa shape index (κ2) is 11.7.